The number of rotatable bonds is 2. The maximum atomic E-state index is 13.6. The molecule has 2 aromatic rings. The van der Waals surface area contributed by atoms with Crippen LogP contribution in [-0.2, 0) is 11.2 Å². The number of hydrogen-bond acceptors (Lipinski definition) is 4. The van der Waals surface area contributed by atoms with Crippen LogP contribution in [0.2, 0.25) is 5.02 Å². The second-order valence-electron chi connectivity index (χ2n) is 8.06. The van der Waals surface area contributed by atoms with Gasteiger partial charge in [0.05, 0.1) is 12.0 Å². The largest absolute Gasteiger partial charge is 0.368 e. The number of para-hydroxylation sites is 1. The Labute approximate surface area is 181 Å². The summed E-state index contributed by atoms with van der Waals surface area (Å²) in [7, 11) is 0. The normalized spacial score (nSPS) is 24.1. The van der Waals surface area contributed by atoms with Gasteiger partial charge in [-0.3, -0.25) is 4.79 Å². The zero-order valence-electron chi connectivity index (χ0n) is 16.5. The van der Waals surface area contributed by atoms with Gasteiger partial charge < -0.3 is 14.7 Å². The zero-order valence-corrected chi connectivity index (χ0v) is 18.0. The minimum Gasteiger partial charge on any atom is -0.368 e. The molecular formula is C23H26ClN3OS. The van der Waals surface area contributed by atoms with E-state index in [-0.39, 0.29) is 12.0 Å². The first-order valence-electron chi connectivity index (χ1n) is 10.4. The summed E-state index contributed by atoms with van der Waals surface area (Å²) in [5.74, 6) is 2.47. The first-order valence-corrected chi connectivity index (χ1v) is 12.0. The van der Waals surface area contributed by atoms with E-state index < -0.39 is 0 Å². The van der Waals surface area contributed by atoms with E-state index >= 15 is 0 Å². The maximum Gasteiger partial charge on any atom is 0.228 e. The summed E-state index contributed by atoms with van der Waals surface area (Å²) in [5.41, 5.74) is 3.81. The molecule has 3 heterocycles. The molecule has 0 N–H and O–H groups in total. The van der Waals surface area contributed by atoms with Crippen molar-refractivity contribution in [2.24, 2.45) is 5.92 Å². The number of amides is 1. The fraction of sp³-hybridized carbons (Fsp3) is 0.435. The molecule has 3 aliphatic rings. The third-order valence-corrected chi connectivity index (χ3v) is 7.65. The van der Waals surface area contributed by atoms with Crippen molar-refractivity contribution in [1.82, 2.24) is 4.90 Å². The average Bonchev–Trinajstić information content (AvgIpc) is 2.79. The molecule has 4 nitrogen and oxygen atoms in total. The number of hydrogen-bond donors (Lipinski definition) is 0. The van der Waals surface area contributed by atoms with E-state index in [1.54, 1.807) is 0 Å². The Morgan fingerprint density at radius 2 is 1.72 bits per heavy atom. The van der Waals surface area contributed by atoms with Crippen molar-refractivity contribution in [3.8, 4) is 0 Å². The smallest absolute Gasteiger partial charge is 0.228 e. The van der Waals surface area contributed by atoms with E-state index in [2.05, 4.69) is 51.1 Å². The van der Waals surface area contributed by atoms with Crippen molar-refractivity contribution in [3.63, 3.8) is 0 Å². The molecule has 3 aliphatic heterocycles. The Kier molecular flexibility index (Phi) is 5.35. The van der Waals surface area contributed by atoms with Crippen molar-refractivity contribution in [3.05, 3.63) is 59.1 Å². The number of halogens is 1. The molecule has 5 rings (SSSR count). The Balaban J connectivity index is 1.45. The van der Waals surface area contributed by atoms with Crippen molar-refractivity contribution < 1.29 is 4.79 Å². The number of anilines is 2. The SMILES string of the molecule is O=C(C1Cc2ccccc2N2CCN(c3ccc(Cl)cc3)CC12)N1CCSCC1. The van der Waals surface area contributed by atoms with Gasteiger partial charge in [-0.05, 0) is 42.3 Å². The molecule has 0 aromatic heterocycles. The molecule has 0 radical (unpaired) electrons. The highest BCUT2D eigenvalue weighted by atomic mass is 35.5. The van der Waals surface area contributed by atoms with Crippen LogP contribution in [0.4, 0.5) is 11.4 Å². The lowest BCUT2D eigenvalue weighted by Gasteiger charge is -2.50. The molecule has 2 atom stereocenters. The van der Waals surface area contributed by atoms with E-state index in [9.17, 15) is 4.79 Å². The van der Waals surface area contributed by atoms with E-state index in [1.165, 1.54) is 16.9 Å². The Hall–Kier alpha value is -1.85. The first kappa shape index (κ1) is 19.1. The Morgan fingerprint density at radius 3 is 2.52 bits per heavy atom. The molecule has 2 aromatic carbocycles. The van der Waals surface area contributed by atoms with E-state index in [1.807, 2.05) is 23.9 Å². The number of piperazine rings is 1. The molecule has 2 unspecified atom stereocenters. The van der Waals surface area contributed by atoms with Crippen molar-refractivity contribution in [2.75, 3.05) is 54.0 Å². The quantitative estimate of drug-likeness (QED) is 0.728. The van der Waals surface area contributed by atoms with Gasteiger partial charge in [0.25, 0.3) is 0 Å². The molecule has 29 heavy (non-hydrogen) atoms. The van der Waals surface area contributed by atoms with E-state index in [4.69, 9.17) is 11.6 Å². The molecule has 2 saturated heterocycles. The molecule has 152 valence electrons. The number of fused-ring (bicyclic) bond motifs is 3. The molecule has 0 aliphatic carbocycles. The predicted octanol–water partition coefficient (Wildman–Crippen LogP) is 3.78. The number of nitrogens with zero attached hydrogens (tertiary/aromatic N) is 3. The predicted molar refractivity (Wildman–Crippen MR) is 122 cm³/mol. The Morgan fingerprint density at radius 1 is 0.966 bits per heavy atom. The van der Waals surface area contributed by atoms with Crippen molar-refractivity contribution in [2.45, 2.75) is 12.5 Å². The molecule has 1 amide bonds. The van der Waals surface area contributed by atoms with Gasteiger partial charge in [0, 0.05) is 60.6 Å². The summed E-state index contributed by atoms with van der Waals surface area (Å²) in [6.45, 7) is 4.52. The minimum atomic E-state index is 0.0168. The van der Waals surface area contributed by atoms with Gasteiger partial charge in [-0.2, -0.15) is 11.8 Å². The fourth-order valence-electron chi connectivity index (χ4n) is 4.95. The molecule has 2 fully saturated rings. The lowest BCUT2D eigenvalue weighted by Crippen LogP contribution is -2.62. The monoisotopic (exact) mass is 427 g/mol. The van der Waals surface area contributed by atoms with Crippen molar-refractivity contribution in [1.29, 1.82) is 0 Å². The number of thioether (sulfide) groups is 1. The summed E-state index contributed by atoms with van der Waals surface area (Å²) in [5, 5.41) is 0.759. The highest BCUT2D eigenvalue weighted by molar-refractivity contribution is 7.99. The second kappa shape index (κ2) is 8.11. The van der Waals surface area contributed by atoms with Gasteiger partial charge in [-0.15, -0.1) is 0 Å². The highest BCUT2D eigenvalue weighted by Gasteiger charge is 2.43. The average molecular weight is 428 g/mol. The van der Waals surface area contributed by atoms with E-state index in [0.717, 1.165) is 55.7 Å². The lowest BCUT2D eigenvalue weighted by atomic mass is 9.83. The molecule has 0 bridgehead atoms. The van der Waals surface area contributed by atoms with Crippen LogP contribution in [0, 0.1) is 5.92 Å². The zero-order chi connectivity index (χ0) is 19.8. The third kappa shape index (κ3) is 3.71. The third-order valence-electron chi connectivity index (χ3n) is 6.46. The summed E-state index contributed by atoms with van der Waals surface area (Å²) in [4.78, 5) is 20.6. The molecule has 0 saturated carbocycles. The van der Waals surface area contributed by atoms with Gasteiger partial charge in [0.2, 0.25) is 5.91 Å². The van der Waals surface area contributed by atoms with Crippen LogP contribution in [0.15, 0.2) is 48.5 Å². The molecule has 6 heteroatoms. The number of benzene rings is 2. The van der Waals surface area contributed by atoms with Crippen LogP contribution < -0.4 is 9.80 Å². The van der Waals surface area contributed by atoms with Gasteiger partial charge in [-0.25, -0.2) is 0 Å². The van der Waals surface area contributed by atoms with Crippen LogP contribution in [0.3, 0.4) is 0 Å². The van der Waals surface area contributed by atoms with Gasteiger partial charge in [0.1, 0.15) is 0 Å². The molecular weight excluding hydrogens is 402 g/mol. The summed E-state index contributed by atoms with van der Waals surface area (Å²) < 4.78 is 0. The fourth-order valence-corrected chi connectivity index (χ4v) is 5.98. The van der Waals surface area contributed by atoms with E-state index in [0.29, 0.717) is 5.91 Å². The van der Waals surface area contributed by atoms with Crippen molar-refractivity contribution >= 4 is 40.6 Å². The van der Waals surface area contributed by atoms with Crippen LogP contribution in [0.5, 0.6) is 0 Å². The summed E-state index contributed by atoms with van der Waals surface area (Å²) in [6, 6.07) is 16.9. The summed E-state index contributed by atoms with van der Waals surface area (Å²) in [6.07, 6.45) is 0.842. The van der Waals surface area contributed by atoms with Crippen LogP contribution in [-0.4, -0.2) is 61.1 Å². The number of carbonyl (C=O) groups is 1. The maximum absolute atomic E-state index is 13.6. The van der Waals surface area contributed by atoms with Gasteiger partial charge in [0.15, 0.2) is 0 Å². The molecule has 0 spiro atoms. The minimum absolute atomic E-state index is 0.0168. The topological polar surface area (TPSA) is 26.8 Å². The number of carbonyl (C=O) groups excluding carboxylic acids is 1. The lowest BCUT2D eigenvalue weighted by molar-refractivity contribution is -0.136. The summed E-state index contributed by atoms with van der Waals surface area (Å²) >= 11 is 8.04. The Bertz CT molecular complexity index is 884. The van der Waals surface area contributed by atoms with Crippen LogP contribution in [0.1, 0.15) is 5.56 Å². The van der Waals surface area contributed by atoms with Gasteiger partial charge in [-0.1, -0.05) is 29.8 Å². The van der Waals surface area contributed by atoms with Crippen LogP contribution in [0.25, 0.3) is 0 Å². The second-order valence-corrected chi connectivity index (χ2v) is 9.72. The first-order chi connectivity index (χ1) is 14.2. The standard InChI is InChI=1S/C23H26ClN3OS/c24-18-5-7-19(8-6-18)26-9-10-27-21-4-2-1-3-17(21)15-20(22(27)16-26)23(28)25-11-13-29-14-12-25/h1-8,20,22H,9-16H2. The highest BCUT2D eigenvalue weighted by Crippen LogP contribution is 2.37. The van der Waals surface area contributed by atoms with Crippen LogP contribution >= 0.6 is 23.4 Å². The van der Waals surface area contributed by atoms with Gasteiger partial charge >= 0.3 is 0 Å².